The van der Waals surface area contributed by atoms with Crippen LogP contribution in [-0.2, 0) is 6.54 Å². The van der Waals surface area contributed by atoms with Crippen molar-refractivity contribution in [2.24, 2.45) is 5.92 Å². The molecular weight excluding hydrogens is 270 g/mol. The standard InChI is InChI=1S/C12H18BrNS/c1-8-3-4-10(5-8)14-7-11-6-12(13)9(2)15-11/h6,8,10,14H,3-5,7H2,1-2H3. The minimum Gasteiger partial charge on any atom is -0.309 e. The lowest BCUT2D eigenvalue weighted by Gasteiger charge is -2.10. The fourth-order valence-electron chi connectivity index (χ4n) is 2.24. The Morgan fingerprint density at radius 2 is 2.33 bits per heavy atom. The van der Waals surface area contributed by atoms with Gasteiger partial charge in [-0.15, -0.1) is 11.3 Å². The van der Waals surface area contributed by atoms with Crippen LogP contribution in [0.25, 0.3) is 0 Å². The van der Waals surface area contributed by atoms with Gasteiger partial charge in [-0.1, -0.05) is 6.92 Å². The second kappa shape index (κ2) is 4.98. The maximum Gasteiger partial charge on any atom is 0.0314 e. The molecule has 1 aromatic heterocycles. The van der Waals surface area contributed by atoms with Gasteiger partial charge < -0.3 is 5.32 Å². The third kappa shape index (κ3) is 3.05. The summed E-state index contributed by atoms with van der Waals surface area (Å²) in [5.41, 5.74) is 0. The molecule has 2 rings (SSSR count). The zero-order chi connectivity index (χ0) is 10.8. The molecule has 2 unspecified atom stereocenters. The normalized spacial score (nSPS) is 26.1. The minimum absolute atomic E-state index is 0.751. The predicted octanol–water partition coefficient (Wildman–Crippen LogP) is 4.10. The number of aryl methyl sites for hydroxylation is 1. The van der Waals surface area contributed by atoms with E-state index in [-0.39, 0.29) is 0 Å². The average molecular weight is 288 g/mol. The Kier molecular flexibility index (Phi) is 3.86. The Morgan fingerprint density at radius 1 is 1.53 bits per heavy atom. The van der Waals surface area contributed by atoms with E-state index in [4.69, 9.17) is 0 Å². The lowest BCUT2D eigenvalue weighted by atomic mass is 10.1. The quantitative estimate of drug-likeness (QED) is 0.883. The van der Waals surface area contributed by atoms with Gasteiger partial charge in [-0.2, -0.15) is 0 Å². The molecule has 1 N–H and O–H groups in total. The van der Waals surface area contributed by atoms with Crippen molar-refractivity contribution in [3.05, 3.63) is 20.3 Å². The van der Waals surface area contributed by atoms with Gasteiger partial charge in [-0.25, -0.2) is 0 Å². The molecule has 1 nitrogen and oxygen atoms in total. The number of rotatable bonds is 3. The van der Waals surface area contributed by atoms with Gasteiger partial charge in [0.15, 0.2) is 0 Å². The summed E-state index contributed by atoms with van der Waals surface area (Å²) in [7, 11) is 0. The number of halogens is 1. The molecule has 1 heterocycles. The van der Waals surface area contributed by atoms with Gasteiger partial charge in [0.2, 0.25) is 0 Å². The molecule has 1 fully saturated rings. The maximum atomic E-state index is 3.66. The first-order valence-corrected chi connectivity index (χ1v) is 7.24. The van der Waals surface area contributed by atoms with Crippen LogP contribution in [0.3, 0.4) is 0 Å². The molecule has 1 aliphatic rings. The van der Waals surface area contributed by atoms with Crippen molar-refractivity contribution in [2.75, 3.05) is 0 Å². The SMILES string of the molecule is Cc1sc(CNC2CCC(C)C2)cc1Br. The molecule has 0 saturated heterocycles. The smallest absolute Gasteiger partial charge is 0.0314 e. The highest BCUT2D eigenvalue weighted by molar-refractivity contribution is 9.10. The van der Waals surface area contributed by atoms with E-state index in [1.54, 1.807) is 0 Å². The Morgan fingerprint density at radius 3 is 2.87 bits per heavy atom. The van der Waals surface area contributed by atoms with Crippen molar-refractivity contribution < 1.29 is 0 Å². The van der Waals surface area contributed by atoms with Crippen molar-refractivity contribution in [3.63, 3.8) is 0 Å². The van der Waals surface area contributed by atoms with Gasteiger partial charge in [0.1, 0.15) is 0 Å². The molecule has 0 radical (unpaired) electrons. The molecule has 3 heteroatoms. The predicted molar refractivity (Wildman–Crippen MR) is 70.4 cm³/mol. The molecule has 0 aromatic carbocycles. The van der Waals surface area contributed by atoms with Crippen LogP contribution in [0.4, 0.5) is 0 Å². The first kappa shape index (κ1) is 11.6. The first-order valence-electron chi connectivity index (χ1n) is 5.63. The van der Waals surface area contributed by atoms with E-state index in [1.807, 2.05) is 11.3 Å². The fourth-order valence-corrected chi connectivity index (χ4v) is 3.80. The van der Waals surface area contributed by atoms with E-state index < -0.39 is 0 Å². The molecule has 0 aliphatic heterocycles. The summed E-state index contributed by atoms with van der Waals surface area (Å²) in [6, 6.07) is 2.99. The van der Waals surface area contributed by atoms with Crippen LogP contribution < -0.4 is 5.32 Å². The third-order valence-electron chi connectivity index (χ3n) is 3.17. The molecule has 15 heavy (non-hydrogen) atoms. The Bertz CT molecular complexity index is 315. The van der Waals surface area contributed by atoms with Crippen molar-refractivity contribution in [1.29, 1.82) is 0 Å². The average Bonchev–Trinajstić information content (AvgIpc) is 2.72. The second-order valence-corrected chi connectivity index (χ2v) is 6.81. The van der Waals surface area contributed by atoms with E-state index in [0.717, 1.165) is 18.5 Å². The van der Waals surface area contributed by atoms with Gasteiger partial charge in [0.25, 0.3) is 0 Å². The van der Waals surface area contributed by atoms with Gasteiger partial charge in [-0.3, -0.25) is 0 Å². The zero-order valence-electron chi connectivity index (χ0n) is 9.35. The van der Waals surface area contributed by atoms with Crippen molar-refractivity contribution in [2.45, 2.75) is 45.7 Å². The highest BCUT2D eigenvalue weighted by atomic mass is 79.9. The van der Waals surface area contributed by atoms with Gasteiger partial charge in [0.05, 0.1) is 0 Å². The van der Waals surface area contributed by atoms with Crippen LogP contribution in [0.15, 0.2) is 10.5 Å². The van der Waals surface area contributed by atoms with E-state index in [2.05, 4.69) is 41.2 Å². The summed E-state index contributed by atoms with van der Waals surface area (Å²) in [4.78, 5) is 2.82. The summed E-state index contributed by atoms with van der Waals surface area (Å²) in [5.74, 6) is 0.916. The van der Waals surface area contributed by atoms with Crippen LogP contribution in [0, 0.1) is 12.8 Å². The summed E-state index contributed by atoms with van der Waals surface area (Å²) < 4.78 is 1.25. The number of hydrogen-bond acceptors (Lipinski definition) is 2. The van der Waals surface area contributed by atoms with Crippen LogP contribution >= 0.6 is 27.3 Å². The highest BCUT2D eigenvalue weighted by Gasteiger charge is 2.20. The Hall–Kier alpha value is 0.140. The Labute approximate surface area is 104 Å². The first-order chi connectivity index (χ1) is 7.15. The monoisotopic (exact) mass is 287 g/mol. The number of thiophene rings is 1. The lowest BCUT2D eigenvalue weighted by molar-refractivity contribution is 0.504. The van der Waals surface area contributed by atoms with Gasteiger partial charge >= 0.3 is 0 Å². The Balaban J connectivity index is 1.83. The van der Waals surface area contributed by atoms with Crippen LogP contribution in [0.1, 0.15) is 35.9 Å². The molecule has 0 amide bonds. The van der Waals surface area contributed by atoms with Crippen molar-refractivity contribution in [3.8, 4) is 0 Å². The zero-order valence-corrected chi connectivity index (χ0v) is 11.7. The largest absolute Gasteiger partial charge is 0.309 e. The molecule has 84 valence electrons. The van der Waals surface area contributed by atoms with Gasteiger partial charge in [0, 0.05) is 26.8 Å². The summed E-state index contributed by atoms with van der Waals surface area (Å²) in [6.07, 6.45) is 4.10. The molecular formula is C12H18BrNS. The van der Waals surface area contributed by atoms with E-state index in [0.29, 0.717) is 0 Å². The minimum atomic E-state index is 0.751. The third-order valence-corrected chi connectivity index (χ3v) is 5.30. The second-order valence-electron chi connectivity index (χ2n) is 4.61. The van der Waals surface area contributed by atoms with Gasteiger partial charge in [-0.05, 0) is 54.1 Å². The lowest BCUT2D eigenvalue weighted by Crippen LogP contribution is -2.25. The fraction of sp³-hybridized carbons (Fsp3) is 0.667. The number of nitrogens with one attached hydrogen (secondary N) is 1. The molecule has 1 saturated carbocycles. The highest BCUT2D eigenvalue weighted by Crippen LogP contribution is 2.28. The summed E-state index contributed by atoms with van der Waals surface area (Å²) in [6.45, 7) is 5.55. The molecule has 1 aromatic rings. The van der Waals surface area contributed by atoms with E-state index in [1.165, 1.54) is 33.5 Å². The van der Waals surface area contributed by atoms with E-state index >= 15 is 0 Å². The van der Waals surface area contributed by atoms with Crippen LogP contribution in [0.2, 0.25) is 0 Å². The maximum absolute atomic E-state index is 3.66. The molecule has 0 spiro atoms. The van der Waals surface area contributed by atoms with Crippen molar-refractivity contribution >= 4 is 27.3 Å². The summed E-state index contributed by atoms with van der Waals surface area (Å²) in [5, 5.41) is 3.66. The number of hydrogen-bond donors (Lipinski definition) is 1. The topological polar surface area (TPSA) is 12.0 Å². The van der Waals surface area contributed by atoms with E-state index in [9.17, 15) is 0 Å². The molecule has 1 aliphatic carbocycles. The molecule has 0 bridgehead atoms. The van der Waals surface area contributed by atoms with Crippen molar-refractivity contribution in [1.82, 2.24) is 5.32 Å². The van der Waals surface area contributed by atoms with Crippen LogP contribution in [-0.4, -0.2) is 6.04 Å². The van der Waals surface area contributed by atoms with Crippen LogP contribution in [0.5, 0.6) is 0 Å². The summed E-state index contributed by atoms with van der Waals surface area (Å²) >= 11 is 5.45. The molecule has 2 atom stereocenters.